The minimum Gasteiger partial charge on any atom is -0.465 e. The van der Waals surface area contributed by atoms with Crippen LogP contribution in [0.5, 0.6) is 0 Å². The van der Waals surface area contributed by atoms with Crippen LogP contribution in [0.4, 0.5) is 43.9 Å². The zero-order valence-corrected chi connectivity index (χ0v) is 13.0. The van der Waals surface area contributed by atoms with Crippen molar-refractivity contribution in [2.24, 2.45) is 5.92 Å². The van der Waals surface area contributed by atoms with Gasteiger partial charge in [0.15, 0.2) is 0 Å². The molecule has 0 heterocycles. The zero-order chi connectivity index (χ0) is 21.2. The topological polar surface area (TPSA) is 80.7 Å². The molecule has 0 saturated carbocycles. The lowest BCUT2D eigenvalue weighted by molar-refractivity contribution is -0.281. The Bertz CT molecular complexity index is 580. The van der Waals surface area contributed by atoms with Crippen LogP contribution in [0.15, 0.2) is 0 Å². The molecule has 5 nitrogen and oxygen atoms in total. The van der Waals surface area contributed by atoms with Crippen LogP contribution in [0, 0.1) is 5.92 Å². The molecule has 0 spiro atoms. The minimum absolute atomic E-state index is 0.884. The van der Waals surface area contributed by atoms with Gasteiger partial charge < -0.3 is 4.74 Å². The van der Waals surface area contributed by atoms with E-state index in [9.17, 15) is 57.1 Å². The monoisotopic (exact) mass is 432 g/mol. The third kappa shape index (κ3) is 6.14. The molecule has 0 unspecified atom stereocenters. The second-order valence-corrected chi connectivity index (χ2v) is 6.30. The van der Waals surface area contributed by atoms with E-state index in [1.165, 1.54) is 0 Å². The third-order valence-corrected chi connectivity index (χ3v) is 3.72. The summed E-state index contributed by atoms with van der Waals surface area (Å²) in [4.78, 5) is 10.8. The molecule has 0 aliphatic carbocycles. The first-order chi connectivity index (χ1) is 11.2. The van der Waals surface area contributed by atoms with E-state index in [2.05, 4.69) is 4.74 Å². The van der Waals surface area contributed by atoms with Crippen LogP contribution < -0.4 is 0 Å². The highest BCUT2D eigenvalue weighted by molar-refractivity contribution is 7.87. The lowest BCUT2D eigenvalue weighted by Crippen LogP contribution is -2.46. The van der Waals surface area contributed by atoms with E-state index < -0.39 is 71.4 Å². The van der Waals surface area contributed by atoms with E-state index in [-0.39, 0.29) is 0 Å². The van der Waals surface area contributed by atoms with Crippen molar-refractivity contribution in [2.75, 3.05) is 6.61 Å². The molecule has 156 valence electrons. The van der Waals surface area contributed by atoms with Crippen molar-refractivity contribution < 1.29 is 66.4 Å². The van der Waals surface area contributed by atoms with Crippen molar-refractivity contribution in [1.29, 1.82) is 0 Å². The highest BCUT2D eigenvalue weighted by Gasteiger charge is 2.65. The normalized spacial score (nSPS) is 14.6. The van der Waals surface area contributed by atoms with E-state index in [0.717, 1.165) is 0 Å². The fraction of sp³-hybridized carbons (Fsp3) is 0.900. The number of rotatable bonds is 8. The SMILES string of the molecule is O=C(OCCCCC(F)(F)C(F)(F)S(=O)(=O)O)C(C(F)(F)F)C(F)(F)F. The quantitative estimate of drug-likeness (QED) is 0.275. The molecule has 0 fully saturated rings. The fourth-order valence-corrected chi connectivity index (χ4v) is 1.97. The highest BCUT2D eigenvalue weighted by Crippen LogP contribution is 2.42. The first-order valence-electron chi connectivity index (χ1n) is 6.28. The average molecular weight is 432 g/mol. The van der Waals surface area contributed by atoms with E-state index in [0.29, 0.717) is 0 Å². The lowest BCUT2D eigenvalue weighted by Gasteiger charge is -2.23. The van der Waals surface area contributed by atoms with Gasteiger partial charge >= 0.3 is 39.6 Å². The molecule has 16 heteroatoms. The Kier molecular flexibility index (Phi) is 7.34. The maximum Gasteiger partial charge on any atom is 0.431 e. The molecule has 0 rings (SSSR count). The summed E-state index contributed by atoms with van der Waals surface area (Å²) in [5.41, 5.74) is 0. The molecule has 1 N–H and O–H groups in total. The molecule has 0 radical (unpaired) electrons. The fourth-order valence-electron chi connectivity index (χ4n) is 1.49. The van der Waals surface area contributed by atoms with Crippen LogP contribution in [-0.4, -0.2) is 49.1 Å². The van der Waals surface area contributed by atoms with Crippen LogP contribution in [0.1, 0.15) is 19.3 Å². The summed E-state index contributed by atoms with van der Waals surface area (Å²) in [5.74, 6) is -12.5. The van der Waals surface area contributed by atoms with Gasteiger partial charge in [-0.15, -0.1) is 0 Å². The van der Waals surface area contributed by atoms with Crippen LogP contribution in [0.25, 0.3) is 0 Å². The summed E-state index contributed by atoms with van der Waals surface area (Å²) in [7, 11) is -6.48. The summed E-state index contributed by atoms with van der Waals surface area (Å²) < 4.78 is 157. The first kappa shape index (κ1) is 24.7. The number of hydrogen-bond acceptors (Lipinski definition) is 4. The predicted molar refractivity (Wildman–Crippen MR) is 61.9 cm³/mol. The van der Waals surface area contributed by atoms with Crippen LogP contribution in [-0.2, 0) is 19.6 Å². The number of halogens is 10. The second-order valence-electron chi connectivity index (χ2n) is 4.84. The van der Waals surface area contributed by atoms with Gasteiger partial charge in [-0.1, -0.05) is 0 Å². The molecule has 0 aliphatic rings. The number of carbonyl (C=O) groups is 1. The maximum atomic E-state index is 13.0. The van der Waals surface area contributed by atoms with Gasteiger partial charge in [0.1, 0.15) is 0 Å². The zero-order valence-electron chi connectivity index (χ0n) is 12.2. The van der Waals surface area contributed by atoms with Crippen LogP contribution in [0.2, 0.25) is 0 Å². The van der Waals surface area contributed by atoms with Gasteiger partial charge in [-0.05, 0) is 12.8 Å². The van der Waals surface area contributed by atoms with Gasteiger partial charge in [0, 0.05) is 6.42 Å². The number of ether oxygens (including phenoxy) is 1. The van der Waals surface area contributed by atoms with Crippen LogP contribution in [0.3, 0.4) is 0 Å². The summed E-state index contributed by atoms with van der Waals surface area (Å²) in [6.07, 6.45) is -15.9. The number of unbranched alkanes of at least 4 members (excludes halogenated alkanes) is 1. The smallest absolute Gasteiger partial charge is 0.431 e. The van der Waals surface area contributed by atoms with Gasteiger partial charge in [0.05, 0.1) is 6.61 Å². The van der Waals surface area contributed by atoms with E-state index in [1.54, 1.807) is 0 Å². The highest BCUT2D eigenvalue weighted by atomic mass is 32.2. The maximum absolute atomic E-state index is 13.0. The molecular weight excluding hydrogens is 422 g/mol. The molecule has 0 atom stereocenters. The van der Waals surface area contributed by atoms with Crippen molar-refractivity contribution in [3.05, 3.63) is 0 Å². The molecule has 0 amide bonds. The van der Waals surface area contributed by atoms with Crippen molar-refractivity contribution in [3.63, 3.8) is 0 Å². The van der Waals surface area contributed by atoms with E-state index in [1.807, 2.05) is 0 Å². The molecule has 26 heavy (non-hydrogen) atoms. The first-order valence-corrected chi connectivity index (χ1v) is 7.72. The second kappa shape index (κ2) is 7.74. The number of alkyl halides is 10. The standard InChI is InChI=1S/C10H10F10O5S/c11-7(12,10(19,20)26(22,23)24)3-1-2-4-25-6(21)5(8(13,14)15)9(16,17)18/h5H,1-4H2,(H,22,23,24). The molecular formula is C10H10F10O5S. The number of carbonyl (C=O) groups excluding carboxylic acids is 1. The van der Waals surface area contributed by atoms with Crippen molar-refractivity contribution in [3.8, 4) is 0 Å². The Hall–Kier alpha value is -1.32. The number of esters is 1. The molecule has 0 aromatic carbocycles. The van der Waals surface area contributed by atoms with Gasteiger partial charge in [-0.25, -0.2) is 0 Å². The Balaban J connectivity index is 4.67. The average Bonchev–Trinajstić information content (AvgIpc) is 2.32. The molecule has 0 aromatic rings. The van der Waals surface area contributed by atoms with Crippen LogP contribution >= 0.6 is 0 Å². The van der Waals surface area contributed by atoms with Gasteiger partial charge in [-0.3, -0.25) is 9.35 Å². The van der Waals surface area contributed by atoms with Gasteiger partial charge in [0.25, 0.3) is 0 Å². The van der Waals surface area contributed by atoms with Crippen molar-refractivity contribution in [2.45, 2.75) is 42.8 Å². The van der Waals surface area contributed by atoms with Gasteiger partial charge in [0.2, 0.25) is 5.92 Å². The summed E-state index contributed by atoms with van der Waals surface area (Å²) >= 11 is 0. The van der Waals surface area contributed by atoms with E-state index >= 15 is 0 Å². The molecule has 0 aromatic heterocycles. The summed E-state index contributed by atoms with van der Waals surface area (Å²) in [5, 5.41) is -5.87. The minimum atomic E-state index is -6.48. The third-order valence-electron chi connectivity index (χ3n) is 2.77. The Morgan fingerprint density at radius 3 is 1.65 bits per heavy atom. The van der Waals surface area contributed by atoms with Crippen molar-refractivity contribution in [1.82, 2.24) is 0 Å². The number of hydrogen-bond donors (Lipinski definition) is 1. The predicted octanol–water partition coefficient (Wildman–Crippen LogP) is 3.56. The van der Waals surface area contributed by atoms with Gasteiger partial charge in [-0.2, -0.15) is 52.3 Å². The Labute approximate surface area is 139 Å². The molecule has 0 saturated heterocycles. The molecule has 0 bridgehead atoms. The van der Waals surface area contributed by atoms with Crippen molar-refractivity contribution >= 4 is 16.1 Å². The van der Waals surface area contributed by atoms with E-state index in [4.69, 9.17) is 4.55 Å². The lowest BCUT2D eigenvalue weighted by atomic mass is 10.1. The largest absolute Gasteiger partial charge is 0.465 e. The summed E-state index contributed by atoms with van der Waals surface area (Å²) in [6.45, 7) is -1.25. The Morgan fingerprint density at radius 2 is 1.31 bits per heavy atom. The molecule has 0 aliphatic heterocycles. The Morgan fingerprint density at radius 1 is 0.885 bits per heavy atom. The summed E-state index contributed by atoms with van der Waals surface area (Å²) in [6, 6.07) is 0.